The van der Waals surface area contributed by atoms with E-state index in [9.17, 15) is 4.79 Å². The van der Waals surface area contributed by atoms with Crippen molar-refractivity contribution in [3.8, 4) is 22.3 Å². The second-order valence-electron chi connectivity index (χ2n) is 10.1. The maximum Gasteiger partial charge on any atom is 0.150 e. The molecule has 1 heteroatoms. The first kappa shape index (κ1) is 21.3. The molecule has 0 fully saturated rings. The second kappa shape index (κ2) is 7.96. The van der Waals surface area contributed by atoms with Gasteiger partial charge in [-0.15, -0.1) is 6.58 Å². The Morgan fingerprint density at radius 1 is 0.774 bits per heavy atom. The third-order valence-corrected chi connectivity index (χ3v) is 7.02. The van der Waals surface area contributed by atoms with Crippen LogP contribution in [0.1, 0.15) is 67.6 Å². The van der Waals surface area contributed by atoms with Crippen LogP contribution in [0, 0.1) is 0 Å². The van der Waals surface area contributed by atoms with E-state index in [0.717, 1.165) is 23.8 Å². The Labute approximate surface area is 186 Å². The summed E-state index contributed by atoms with van der Waals surface area (Å²) >= 11 is 0. The quantitative estimate of drug-likeness (QED) is 0.310. The summed E-state index contributed by atoms with van der Waals surface area (Å²) in [6, 6.07) is 21.6. The SMILES string of the molecule is C=CCc1ccc(-c2ccc(C=O)cc2)cc1-c1ccc2c(c1)C(C)(C)CCC2(C)C. The van der Waals surface area contributed by atoms with Crippen molar-refractivity contribution in [3.63, 3.8) is 0 Å². The molecule has 0 bridgehead atoms. The van der Waals surface area contributed by atoms with Gasteiger partial charge in [0.25, 0.3) is 0 Å². The fourth-order valence-corrected chi connectivity index (χ4v) is 4.87. The van der Waals surface area contributed by atoms with Gasteiger partial charge in [0, 0.05) is 5.56 Å². The molecule has 0 aliphatic heterocycles. The maximum absolute atomic E-state index is 11.0. The molecule has 0 aromatic heterocycles. The van der Waals surface area contributed by atoms with Gasteiger partial charge in [0.2, 0.25) is 0 Å². The van der Waals surface area contributed by atoms with E-state index < -0.39 is 0 Å². The molecule has 1 nitrogen and oxygen atoms in total. The van der Waals surface area contributed by atoms with Gasteiger partial charge >= 0.3 is 0 Å². The zero-order valence-corrected chi connectivity index (χ0v) is 19.2. The minimum atomic E-state index is 0.182. The average Bonchev–Trinajstić information content (AvgIpc) is 2.77. The summed E-state index contributed by atoms with van der Waals surface area (Å²) in [6.45, 7) is 13.5. The van der Waals surface area contributed by atoms with Gasteiger partial charge in [0.1, 0.15) is 6.29 Å². The third kappa shape index (κ3) is 4.02. The lowest BCUT2D eigenvalue weighted by Gasteiger charge is -2.42. The van der Waals surface area contributed by atoms with Crippen LogP contribution in [0.2, 0.25) is 0 Å². The summed E-state index contributed by atoms with van der Waals surface area (Å²) in [7, 11) is 0. The van der Waals surface area contributed by atoms with E-state index in [1.54, 1.807) is 0 Å². The molecule has 0 spiro atoms. The normalized spacial score (nSPS) is 16.4. The van der Waals surface area contributed by atoms with Gasteiger partial charge in [0.05, 0.1) is 0 Å². The van der Waals surface area contributed by atoms with E-state index in [2.05, 4.69) is 70.7 Å². The lowest BCUT2D eigenvalue weighted by atomic mass is 9.63. The Hall–Kier alpha value is -2.93. The lowest BCUT2D eigenvalue weighted by molar-refractivity contribution is 0.112. The molecule has 158 valence electrons. The van der Waals surface area contributed by atoms with Gasteiger partial charge in [-0.05, 0) is 75.1 Å². The molecule has 3 aromatic carbocycles. The highest BCUT2D eigenvalue weighted by Gasteiger charge is 2.37. The van der Waals surface area contributed by atoms with E-state index in [4.69, 9.17) is 0 Å². The smallest absolute Gasteiger partial charge is 0.150 e. The first-order valence-electron chi connectivity index (χ1n) is 11.2. The summed E-state index contributed by atoms with van der Waals surface area (Å²) < 4.78 is 0. The highest BCUT2D eigenvalue weighted by molar-refractivity contribution is 5.79. The molecule has 0 N–H and O–H groups in total. The van der Waals surface area contributed by atoms with Crippen molar-refractivity contribution < 1.29 is 4.79 Å². The standard InChI is InChI=1S/C30H32O/c1-6-7-23-12-13-24(22-10-8-21(20-31)9-11-22)18-26(23)25-14-15-27-28(19-25)30(4,5)17-16-29(27,2)3/h6,8-15,18-20H,1,7,16-17H2,2-5H3. The number of hydrogen-bond donors (Lipinski definition) is 0. The average molecular weight is 409 g/mol. The van der Waals surface area contributed by atoms with Gasteiger partial charge in [-0.3, -0.25) is 4.79 Å². The van der Waals surface area contributed by atoms with Gasteiger partial charge in [-0.2, -0.15) is 0 Å². The molecule has 1 aliphatic rings. The van der Waals surface area contributed by atoms with Crippen LogP contribution in [0.25, 0.3) is 22.3 Å². The summed E-state index contributed by atoms with van der Waals surface area (Å²) in [5.41, 5.74) is 10.2. The van der Waals surface area contributed by atoms with Gasteiger partial charge in [-0.25, -0.2) is 0 Å². The Morgan fingerprint density at radius 2 is 1.39 bits per heavy atom. The lowest BCUT2D eigenvalue weighted by Crippen LogP contribution is -2.33. The van der Waals surface area contributed by atoms with Crippen molar-refractivity contribution in [2.24, 2.45) is 0 Å². The zero-order valence-electron chi connectivity index (χ0n) is 19.2. The molecular weight excluding hydrogens is 376 g/mol. The number of carbonyl (C=O) groups excluding carboxylic acids is 1. The molecule has 4 rings (SSSR count). The van der Waals surface area contributed by atoms with Crippen molar-refractivity contribution >= 4 is 6.29 Å². The summed E-state index contributed by atoms with van der Waals surface area (Å²) in [5, 5.41) is 0. The van der Waals surface area contributed by atoms with Crippen LogP contribution in [0.5, 0.6) is 0 Å². The van der Waals surface area contributed by atoms with Gasteiger partial charge in [0.15, 0.2) is 0 Å². The second-order valence-corrected chi connectivity index (χ2v) is 10.1. The topological polar surface area (TPSA) is 17.1 Å². The fourth-order valence-electron chi connectivity index (χ4n) is 4.87. The molecule has 0 unspecified atom stereocenters. The number of carbonyl (C=O) groups is 1. The van der Waals surface area contributed by atoms with Crippen molar-refractivity contribution in [1.82, 2.24) is 0 Å². The third-order valence-electron chi connectivity index (χ3n) is 7.02. The molecule has 0 heterocycles. The highest BCUT2D eigenvalue weighted by atomic mass is 16.1. The largest absolute Gasteiger partial charge is 0.298 e. The monoisotopic (exact) mass is 408 g/mol. The van der Waals surface area contributed by atoms with Gasteiger partial charge in [-0.1, -0.05) is 88.4 Å². The van der Waals surface area contributed by atoms with Crippen LogP contribution < -0.4 is 0 Å². The molecule has 0 amide bonds. The van der Waals surface area contributed by atoms with Crippen LogP contribution >= 0.6 is 0 Å². The van der Waals surface area contributed by atoms with Crippen LogP contribution in [0.4, 0.5) is 0 Å². The van der Waals surface area contributed by atoms with Gasteiger partial charge < -0.3 is 0 Å². The van der Waals surface area contributed by atoms with Crippen molar-refractivity contribution in [2.75, 3.05) is 0 Å². The molecular formula is C30H32O. The number of hydrogen-bond acceptors (Lipinski definition) is 1. The van der Waals surface area contributed by atoms with Crippen LogP contribution in [0.15, 0.2) is 73.3 Å². The number of aldehydes is 1. The predicted octanol–water partition coefficient (Wildman–Crippen LogP) is 7.91. The summed E-state index contributed by atoms with van der Waals surface area (Å²) in [5.74, 6) is 0. The Bertz CT molecular complexity index is 1130. The molecule has 31 heavy (non-hydrogen) atoms. The zero-order chi connectivity index (χ0) is 22.2. The van der Waals surface area contributed by atoms with Crippen molar-refractivity contribution in [3.05, 3.63) is 95.6 Å². The van der Waals surface area contributed by atoms with E-state index in [0.29, 0.717) is 5.56 Å². The van der Waals surface area contributed by atoms with Crippen LogP contribution in [-0.2, 0) is 17.3 Å². The maximum atomic E-state index is 11.0. The fraction of sp³-hybridized carbons (Fsp3) is 0.300. The summed E-state index contributed by atoms with van der Waals surface area (Å²) in [4.78, 5) is 11.0. The molecule has 1 aliphatic carbocycles. The Balaban J connectivity index is 1.86. The molecule has 3 aromatic rings. The van der Waals surface area contributed by atoms with E-state index >= 15 is 0 Å². The predicted molar refractivity (Wildman–Crippen MR) is 132 cm³/mol. The first-order chi connectivity index (χ1) is 14.7. The van der Waals surface area contributed by atoms with Crippen molar-refractivity contribution in [1.29, 1.82) is 0 Å². The molecule has 0 saturated carbocycles. The Kier molecular flexibility index (Phi) is 5.47. The number of fused-ring (bicyclic) bond motifs is 1. The van der Waals surface area contributed by atoms with Crippen LogP contribution in [-0.4, -0.2) is 6.29 Å². The molecule has 0 radical (unpaired) electrons. The molecule has 0 saturated heterocycles. The highest BCUT2D eigenvalue weighted by Crippen LogP contribution is 2.47. The minimum absolute atomic E-state index is 0.182. The number of allylic oxidation sites excluding steroid dienone is 1. The van der Waals surface area contributed by atoms with Crippen molar-refractivity contribution in [2.45, 2.75) is 57.8 Å². The van der Waals surface area contributed by atoms with Crippen LogP contribution in [0.3, 0.4) is 0 Å². The van der Waals surface area contributed by atoms with E-state index in [1.807, 2.05) is 30.3 Å². The minimum Gasteiger partial charge on any atom is -0.298 e. The number of benzene rings is 3. The first-order valence-corrected chi connectivity index (χ1v) is 11.2. The van der Waals surface area contributed by atoms with E-state index in [1.165, 1.54) is 40.7 Å². The molecule has 0 atom stereocenters. The Morgan fingerprint density at radius 3 is 2.03 bits per heavy atom. The number of rotatable bonds is 5. The summed E-state index contributed by atoms with van der Waals surface area (Å²) in [6.07, 6.45) is 6.13. The van der Waals surface area contributed by atoms with E-state index in [-0.39, 0.29) is 10.8 Å².